The highest BCUT2D eigenvalue weighted by molar-refractivity contribution is 6.17. The van der Waals surface area contributed by atoms with Gasteiger partial charge in [0.15, 0.2) is 0 Å². The summed E-state index contributed by atoms with van der Waals surface area (Å²) in [7, 11) is 0. The summed E-state index contributed by atoms with van der Waals surface area (Å²) in [6.45, 7) is 0.688. The lowest BCUT2D eigenvalue weighted by atomic mass is 10.1. The smallest absolute Gasteiger partial charge is 0.253 e. The van der Waals surface area contributed by atoms with Gasteiger partial charge in [0.05, 0.1) is 0 Å². The van der Waals surface area contributed by atoms with Crippen molar-refractivity contribution >= 4 is 23.2 Å². The first-order chi connectivity index (χ1) is 8.79. The third-order valence-corrected chi connectivity index (χ3v) is 3.28. The molecule has 1 aromatic rings. The first kappa shape index (κ1) is 13.4. The number of halogens is 1. The van der Waals surface area contributed by atoms with Crippen molar-refractivity contribution in [1.82, 2.24) is 0 Å². The number of amides is 1. The predicted molar refractivity (Wildman–Crippen MR) is 73.1 cm³/mol. The summed E-state index contributed by atoms with van der Waals surface area (Å²) >= 11 is 5.68. The highest BCUT2D eigenvalue weighted by atomic mass is 35.5. The fourth-order valence-corrected chi connectivity index (χ4v) is 2.22. The van der Waals surface area contributed by atoms with Gasteiger partial charge in [-0.2, -0.15) is 0 Å². The lowest BCUT2D eigenvalue weighted by Crippen LogP contribution is -2.26. The van der Waals surface area contributed by atoms with Crippen LogP contribution in [0.3, 0.4) is 0 Å². The number of rotatable bonds is 5. The molecular weight excluding hydrogens is 250 g/mol. The summed E-state index contributed by atoms with van der Waals surface area (Å²) in [5, 5.41) is 2.90. The topological polar surface area (TPSA) is 38.3 Å². The van der Waals surface area contributed by atoms with Crippen LogP contribution in [0.1, 0.15) is 24.8 Å². The SMILES string of the molecule is O=C(Nc1cccc(CCCCl)c1)C1CCCO1. The minimum atomic E-state index is -0.281. The van der Waals surface area contributed by atoms with Gasteiger partial charge in [0.2, 0.25) is 0 Å². The highest BCUT2D eigenvalue weighted by Crippen LogP contribution is 2.16. The molecule has 1 aromatic carbocycles. The second-order valence-corrected chi connectivity index (χ2v) is 4.86. The summed E-state index contributed by atoms with van der Waals surface area (Å²) in [5.74, 6) is 0.619. The summed E-state index contributed by atoms with van der Waals surface area (Å²) in [6.07, 6.45) is 3.39. The van der Waals surface area contributed by atoms with Crippen LogP contribution in [0.4, 0.5) is 5.69 Å². The van der Waals surface area contributed by atoms with Gasteiger partial charge in [0.1, 0.15) is 6.10 Å². The van der Waals surface area contributed by atoms with Crippen LogP contribution >= 0.6 is 11.6 Å². The van der Waals surface area contributed by atoms with Gasteiger partial charge in [-0.05, 0) is 43.4 Å². The molecule has 0 aliphatic carbocycles. The second kappa shape index (κ2) is 6.76. The number of anilines is 1. The molecule has 1 unspecified atom stereocenters. The van der Waals surface area contributed by atoms with Gasteiger partial charge in [-0.1, -0.05) is 12.1 Å². The molecule has 0 aromatic heterocycles. The Morgan fingerprint density at radius 2 is 2.39 bits per heavy atom. The van der Waals surface area contributed by atoms with Gasteiger partial charge in [-0.15, -0.1) is 11.6 Å². The molecule has 1 aliphatic rings. The molecule has 3 nitrogen and oxygen atoms in total. The number of aryl methyl sites for hydroxylation is 1. The monoisotopic (exact) mass is 267 g/mol. The number of hydrogen-bond acceptors (Lipinski definition) is 2. The van der Waals surface area contributed by atoms with E-state index in [1.807, 2.05) is 24.3 Å². The van der Waals surface area contributed by atoms with Gasteiger partial charge in [-0.25, -0.2) is 0 Å². The lowest BCUT2D eigenvalue weighted by molar-refractivity contribution is -0.124. The zero-order chi connectivity index (χ0) is 12.8. The Labute approximate surface area is 112 Å². The van der Waals surface area contributed by atoms with Gasteiger partial charge in [0.25, 0.3) is 5.91 Å². The molecule has 1 saturated heterocycles. The van der Waals surface area contributed by atoms with E-state index in [9.17, 15) is 4.79 Å². The minimum absolute atomic E-state index is 0.0398. The Balaban J connectivity index is 1.93. The molecular formula is C14H18ClNO2. The first-order valence-electron chi connectivity index (χ1n) is 6.37. The van der Waals surface area contributed by atoms with Crippen molar-refractivity contribution in [3.63, 3.8) is 0 Å². The van der Waals surface area contributed by atoms with E-state index in [2.05, 4.69) is 5.32 Å². The number of carbonyl (C=O) groups excluding carboxylic acids is 1. The van der Waals surface area contributed by atoms with Gasteiger partial charge >= 0.3 is 0 Å². The fraction of sp³-hybridized carbons (Fsp3) is 0.500. The number of ether oxygens (including phenoxy) is 1. The van der Waals surface area contributed by atoms with E-state index in [0.717, 1.165) is 31.4 Å². The Bertz CT molecular complexity index is 403. The molecule has 1 heterocycles. The van der Waals surface area contributed by atoms with E-state index in [-0.39, 0.29) is 12.0 Å². The largest absolute Gasteiger partial charge is 0.368 e. The standard InChI is InChI=1S/C14H18ClNO2/c15-8-2-5-11-4-1-6-12(10-11)16-14(17)13-7-3-9-18-13/h1,4,6,10,13H,2-3,5,7-9H2,(H,16,17). The molecule has 18 heavy (non-hydrogen) atoms. The molecule has 2 rings (SSSR count). The highest BCUT2D eigenvalue weighted by Gasteiger charge is 2.23. The van der Waals surface area contributed by atoms with Crippen molar-refractivity contribution in [2.75, 3.05) is 17.8 Å². The van der Waals surface area contributed by atoms with Gasteiger partial charge < -0.3 is 10.1 Å². The van der Waals surface area contributed by atoms with Crippen LogP contribution in [-0.2, 0) is 16.0 Å². The van der Waals surface area contributed by atoms with E-state index in [4.69, 9.17) is 16.3 Å². The Morgan fingerprint density at radius 1 is 1.50 bits per heavy atom. The zero-order valence-electron chi connectivity index (χ0n) is 10.3. The summed E-state index contributed by atoms with van der Waals surface area (Å²) in [5.41, 5.74) is 2.03. The zero-order valence-corrected chi connectivity index (χ0v) is 11.1. The summed E-state index contributed by atoms with van der Waals surface area (Å²) in [6, 6.07) is 7.90. The molecule has 1 aliphatic heterocycles. The average Bonchev–Trinajstić information content (AvgIpc) is 2.91. The summed E-state index contributed by atoms with van der Waals surface area (Å²) < 4.78 is 5.35. The average molecular weight is 268 g/mol. The fourth-order valence-electron chi connectivity index (χ4n) is 2.08. The predicted octanol–water partition coefficient (Wildman–Crippen LogP) is 2.98. The van der Waals surface area contributed by atoms with Crippen LogP contribution in [0.2, 0.25) is 0 Å². The van der Waals surface area contributed by atoms with Crippen LogP contribution in [-0.4, -0.2) is 24.5 Å². The minimum Gasteiger partial charge on any atom is -0.368 e. The number of alkyl halides is 1. The molecule has 98 valence electrons. The van der Waals surface area contributed by atoms with Crippen molar-refractivity contribution in [2.45, 2.75) is 31.8 Å². The van der Waals surface area contributed by atoms with Gasteiger partial charge in [0, 0.05) is 18.2 Å². The molecule has 1 fully saturated rings. The maximum atomic E-state index is 11.9. The number of hydrogen-bond donors (Lipinski definition) is 1. The van der Waals surface area contributed by atoms with Crippen LogP contribution in [0.25, 0.3) is 0 Å². The van der Waals surface area contributed by atoms with Crippen LogP contribution in [0.5, 0.6) is 0 Å². The summed E-state index contributed by atoms with van der Waals surface area (Å²) in [4.78, 5) is 11.9. The van der Waals surface area contributed by atoms with E-state index in [0.29, 0.717) is 12.5 Å². The maximum Gasteiger partial charge on any atom is 0.253 e. The Hall–Kier alpha value is -1.06. The number of benzene rings is 1. The molecule has 1 atom stereocenters. The molecule has 0 radical (unpaired) electrons. The van der Waals surface area contributed by atoms with E-state index in [1.54, 1.807) is 0 Å². The van der Waals surface area contributed by atoms with E-state index >= 15 is 0 Å². The van der Waals surface area contributed by atoms with Gasteiger partial charge in [-0.3, -0.25) is 4.79 Å². The molecule has 1 amide bonds. The molecule has 1 N–H and O–H groups in total. The van der Waals surface area contributed by atoms with E-state index < -0.39 is 0 Å². The Morgan fingerprint density at radius 3 is 3.11 bits per heavy atom. The van der Waals surface area contributed by atoms with Crippen molar-refractivity contribution in [3.8, 4) is 0 Å². The van der Waals surface area contributed by atoms with Crippen LogP contribution in [0.15, 0.2) is 24.3 Å². The van der Waals surface area contributed by atoms with Crippen molar-refractivity contribution < 1.29 is 9.53 Å². The number of carbonyl (C=O) groups is 1. The van der Waals surface area contributed by atoms with Crippen LogP contribution in [0, 0.1) is 0 Å². The first-order valence-corrected chi connectivity index (χ1v) is 6.90. The van der Waals surface area contributed by atoms with E-state index in [1.165, 1.54) is 5.56 Å². The normalized spacial score (nSPS) is 18.8. The van der Waals surface area contributed by atoms with Crippen LogP contribution < -0.4 is 5.32 Å². The number of nitrogens with one attached hydrogen (secondary N) is 1. The third kappa shape index (κ3) is 3.72. The molecule has 0 saturated carbocycles. The molecule has 0 spiro atoms. The maximum absolute atomic E-state index is 11.9. The van der Waals surface area contributed by atoms with Crippen molar-refractivity contribution in [2.24, 2.45) is 0 Å². The quantitative estimate of drug-likeness (QED) is 0.833. The second-order valence-electron chi connectivity index (χ2n) is 4.48. The molecule has 0 bridgehead atoms. The third-order valence-electron chi connectivity index (χ3n) is 3.02. The lowest BCUT2D eigenvalue weighted by Gasteiger charge is -2.11. The molecule has 4 heteroatoms. The van der Waals surface area contributed by atoms with Crippen molar-refractivity contribution in [3.05, 3.63) is 29.8 Å². The Kier molecular flexibility index (Phi) is 5.02. The van der Waals surface area contributed by atoms with Crippen molar-refractivity contribution in [1.29, 1.82) is 0 Å².